The molecule has 0 N–H and O–H groups in total. The molecule has 21 heavy (non-hydrogen) atoms. The Labute approximate surface area is 126 Å². The molecule has 0 saturated heterocycles. The van der Waals surface area contributed by atoms with Crippen LogP contribution in [0, 0.1) is 5.82 Å². The molecule has 106 valence electrons. The van der Waals surface area contributed by atoms with Crippen molar-refractivity contribution in [2.24, 2.45) is 0 Å². The number of carbonyl (C=O) groups excluding carboxylic acids is 1. The Morgan fingerprint density at radius 1 is 1.14 bits per heavy atom. The molecule has 0 spiro atoms. The quantitative estimate of drug-likeness (QED) is 0.644. The number of benzene rings is 2. The number of halogens is 2. The third kappa shape index (κ3) is 2.34. The van der Waals surface area contributed by atoms with Gasteiger partial charge in [-0.1, -0.05) is 54.1 Å². The molecular weight excluding hydrogens is 289 g/mol. The van der Waals surface area contributed by atoms with E-state index in [2.05, 4.69) is 0 Å². The second-order valence-corrected chi connectivity index (χ2v) is 5.29. The molecule has 0 saturated carbocycles. The van der Waals surface area contributed by atoms with E-state index in [4.69, 9.17) is 11.6 Å². The van der Waals surface area contributed by atoms with Gasteiger partial charge in [-0.25, -0.2) is 4.39 Å². The first kappa shape index (κ1) is 13.8. The molecule has 2 aromatic carbocycles. The highest BCUT2D eigenvalue weighted by Gasteiger charge is 2.21. The minimum Gasteiger partial charge on any atom is -0.324 e. The predicted molar refractivity (Wildman–Crippen MR) is 82.5 cm³/mol. The summed E-state index contributed by atoms with van der Waals surface area (Å²) in [7, 11) is 0. The first-order valence-corrected chi connectivity index (χ1v) is 6.98. The minimum atomic E-state index is -0.377. The van der Waals surface area contributed by atoms with E-state index in [9.17, 15) is 9.18 Å². The van der Waals surface area contributed by atoms with Crippen LogP contribution in [0.3, 0.4) is 0 Å². The van der Waals surface area contributed by atoms with E-state index >= 15 is 0 Å². The van der Waals surface area contributed by atoms with Gasteiger partial charge < -0.3 is 4.57 Å². The molecule has 3 aromatic rings. The number of Topliss-reactive ketones (excluding diaryl/α,β-unsaturated/α-hetero) is 1. The van der Waals surface area contributed by atoms with Crippen molar-refractivity contribution in [3.8, 4) is 0 Å². The highest BCUT2D eigenvalue weighted by molar-refractivity contribution is 6.35. The summed E-state index contributed by atoms with van der Waals surface area (Å²) in [5.74, 6) is -0.541. The number of para-hydroxylation sites is 1. The molecule has 1 heterocycles. The van der Waals surface area contributed by atoms with Gasteiger partial charge in [0.25, 0.3) is 0 Å². The van der Waals surface area contributed by atoms with Crippen molar-refractivity contribution in [2.45, 2.75) is 13.5 Å². The molecule has 0 bridgehead atoms. The van der Waals surface area contributed by atoms with Crippen LogP contribution in [0.4, 0.5) is 4.39 Å². The maximum absolute atomic E-state index is 14.2. The zero-order chi connectivity index (χ0) is 15.0. The van der Waals surface area contributed by atoms with Crippen molar-refractivity contribution in [1.82, 2.24) is 4.57 Å². The van der Waals surface area contributed by atoms with Crippen LogP contribution in [0.25, 0.3) is 10.9 Å². The minimum absolute atomic E-state index is 0.164. The Kier molecular flexibility index (Phi) is 3.52. The van der Waals surface area contributed by atoms with Gasteiger partial charge in [-0.15, -0.1) is 0 Å². The van der Waals surface area contributed by atoms with Crippen LogP contribution >= 0.6 is 11.6 Å². The van der Waals surface area contributed by atoms with Crippen LogP contribution in [-0.2, 0) is 6.54 Å². The first-order chi connectivity index (χ1) is 10.1. The number of ketones is 1. The van der Waals surface area contributed by atoms with Gasteiger partial charge in [0.05, 0.1) is 11.1 Å². The maximum Gasteiger partial charge on any atom is 0.163 e. The van der Waals surface area contributed by atoms with Crippen LogP contribution < -0.4 is 0 Å². The molecule has 0 atom stereocenters. The number of carbonyl (C=O) groups is 1. The third-order valence-corrected chi connectivity index (χ3v) is 3.90. The van der Waals surface area contributed by atoms with E-state index in [1.165, 1.54) is 13.0 Å². The average Bonchev–Trinajstić information content (AvgIpc) is 2.74. The second kappa shape index (κ2) is 5.34. The highest BCUT2D eigenvalue weighted by Crippen LogP contribution is 2.32. The van der Waals surface area contributed by atoms with Crippen molar-refractivity contribution in [3.05, 3.63) is 70.6 Å². The van der Waals surface area contributed by atoms with Crippen LogP contribution in [0.15, 0.2) is 48.5 Å². The average molecular weight is 302 g/mol. The lowest BCUT2D eigenvalue weighted by Gasteiger charge is -2.08. The molecule has 0 amide bonds. The molecular formula is C17H13ClFNO. The number of aromatic nitrogens is 1. The van der Waals surface area contributed by atoms with Crippen molar-refractivity contribution < 1.29 is 9.18 Å². The Bertz CT molecular complexity index is 824. The molecule has 0 aliphatic rings. The van der Waals surface area contributed by atoms with Crippen molar-refractivity contribution in [1.29, 1.82) is 0 Å². The molecule has 0 fully saturated rings. The Morgan fingerprint density at radius 2 is 1.86 bits per heavy atom. The van der Waals surface area contributed by atoms with E-state index in [-0.39, 0.29) is 16.8 Å². The topological polar surface area (TPSA) is 22.0 Å². The highest BCUT2D eigenvalue weighted by atomic mass is 35.5. The van der Waals surface area contributed by atoms with Gasteiger partial charge >= 0.3 is 0 Å². The van der Waals surface area contributed by atoms with Gasteiger partial charge in [-0.2, -0.15) is 0 Å². The zero-order valence-corrected chi connectivity index (χ0v) is 12.2. The molecule has 4 heteroatoms. The van der Waals surface area contributed by atoms with Crippen LogP contribution in [0.1, 0.15) is 22.8 Å². The summed E-state index contributed by atoms with van der Waals surface area (Å²) in [4.78, 5) is 11.8. The molecule has 1 aromatic heterocycles. The van der Waals surface area contributed by atoms with Gasteiger partial charge in [0, 0.05) is 11.9 Å². The Morgan fingerprint density at radius 3 is 2.52 bits per heavy atom. The maximum atomic E-state index is 14.2. The summed E-state index contributed by atoms with van der Waals surface area (Å²) >= 11 is 6.34. The molecule has 3 rings (SSSR count). The third-order valence-electron chi connectivity index (χ3n) is 3.50. The van der Waals surface area contributed by atoms with Crippen LogP contribution in [-0.4, -0.2) is 10.4 Å². The lowest BCUT2D eigenvalue weighted by molar-refractivity contribution is 0.101. The van der Waals surface area contributed by atoms with E-state index in [0.29, 0.717) is 23.0 Å². The molecule has 2 nitrogen and oxygen atoms in total. The first-order valence-electron chi connectivity index (χ1n) is 6.60. The zero-order valence-electron chi connectivity index (χ0n) is 11.4. The summed E-state index contributed by atoms with van der Waals surface area (Å²) in [6, 6.07) is 14.3. The van der Waals surface area contributed by atoms with Crippen LogP contribution in [0.5, 0.6) is 0 Å². The van der Waals surface area contributed by atoms with Gasteiger partial charge in [0.1, 0.15) is 11.0 Å². The van der Waals surface area contributed by atoms with Crippen molar-refractivity contribution in [3.63, 3.8) is 0 Å². The summed E-state index contributed by atoms with van der Waals surface area (Å²) < 4.78 is 15.9. The van der Waals surface area contributed by atoms with E-state index in [1.54, 1.807) is 16.7 Å². The number of hydrogen-bond acceptors (Lipinski definition) is 1. The fourth-order valence-electron chi connectivity index (χ4n) is 2.59. The Balaban J connectivity index is 2.27. The second-order valence-electron chi connectivity index (χ2n) is 4.93. The lowest BCUT2D eigenvalue weighted by atomic mass is 10.1. The summed E-state index contributed by atoms with van der Waals surface area (Å²) in [6.45, 7) is 1.86. The number of fused-ring (bicyclic) bond motifs is 1. The smallest absolute Gasteiger partial charge is 0.163 e. The lowest BCUT2D eigenvalue weighted by Crippen LogP contribution is -2.01. The largest absolute Gasteiger partial charge is 0.324 e. The monoisotopic (exact) mass is 301 g/mol. The fourth-order valence-corrected chi connectivity index (χ4v) is 2.96. The van der Waals surface area contributed by atoms with Crippen molar-refractivity contribution >= 4 is 28.3 Å². The van der Waals surface area contributed by atoms with Crippen molar-refractivity contribution in [2.75, 3.05) is 0 Å². The SMILES string of the molecule is CC(=O)c1c(Cl)n(Cc2ccccc2)c2c(F)cccc12. The number of hydrogen-bond donors (Lipinski definition) is 0. The number of rotatable bonds is 3. The molecule has 0 aliphatic heterocycles. The fraction of sp³-hybridized carbons (Fsp3) is 0.118. The summed E-state index contributed by atoms with van der Waals surface area (Å²) in [6.07, 6.45) is 0. The van der Waals surface area contributed by atoms with Gasteiger partial charge in [0.15, 0.2) is 5.78 Å². The normalized spacial score (nSPS) is 11.0. The summed E-state index contributed by atoms with van der Waals surface area (Å²) in [5, 5.41) is 0.842. The van der Waals surface area contributed by atoms with Gasteiger partial charge in [0.2, 0.25) is 0 Å². The Hall–Kier alpha value is -2.13. The van der Waals surface area contributed by atoms with E-state index < -0.39 is 0 Å². The standard InChI is InChI=1S/C17H13ClFNO/c1-11(21)15-13-8-5-9-14(19)16(13)20(17(15)18)10-12-6-3-2-4-7-12/h2-9H,10H2,1H3. The number of nitrogens with zero attached hydrogens (tertiary/aromatic N) is 1. The van der Waals surface area contributed by atoms with Crippen LogP contribution in [0.2, 0.25) is 5.15 Å². The van der Waals surface area contributed by atoms with Gasteiger partial charge in [-0.3, -0.25) is 4.79 Å². The molecule has 0 unspecified atom stereocenters. The summed E-state index contributed by atoms with van der Waals surface area (Å²) in [5.41, 5.74) is 1.74. The predicted octanol–water partition coefficient (Wildman–Crippen LogP) is 4.68. The molecule has 0 radical (unpaired) electrons. The molecule has 0 aliphatic carbocycles. The van der Waals surface area contributed by atoms with E-state index in [0.717, 1.165) is 5.56 Å². The van der Waals surface area contributed by atoms with E-state index in [1.807, 2.05) is 30.3 Å². The van der Waals surface area contributed by atoms with Gasteiger partial charge in [-0.05, 0) is 18.6 Å².